The van der Waals surface area contributed by atoms with Crippen LogP contribution in [0.5, 0.6) is 0 Å². The van der Waals surface area contributed by atoms with E-state index >= 15 is 0 Å². The highest BCUT2D eigenvalue weighted by Crippen LogP contribution is 2.23. The van der Waals surface area contributed by atoms with Crippen molar-refractivity contribution in [2.24, 2.45) is 0 Å². The molecule has 2 aromatic rings. The highest BCUT2D eigenvalue weighted by molar-refractivity contribution is 6.30. The second-order valence-corrected chi connectivity index (χ2v) is 10.9. The number of benzene rings is 2. The normalized spacial score (nSPS) is 15.2. The van der Waals surface area contributed by atoms with E-state index in [9.17, 15) is 9.59 Å². The van der Waals surface area contributed by atoms with Crippen LogP contribution in [0.15, 0.2) is 48.5 Å². The molecule has 0 radical (unpaired) electrons. The Morgan fingerprint density at radius 3 is 2.15 bits per heavy atom. The molecule has 1 unspecified atom stereocenters. The highest BCUT2D eigenvalue weighted by atomic mass is 35.5. The average molecular weight is 483 g/mol. The number of hydrogen-bond acceptors (Lipinski definition) is 2. The maximum Gasteiger partial charge on any atom is 0.243 e. The summed E-state index contributed by atoms with van der Waals surface area (Å²) < 4.78 is 0. The second kappa shape index (κ2) is 11.9. The molecule has 184 valence electrons. The number of amides is 2. The smallest absolute Gasteiger partial charge is 0.243 e. The molecule has 1 fully saturated rings. The van der Waals surface area contributed by atoms with E-state index in [0.717, 1.165) is 36.8 Å². The summed E-state index contributed by atoms with van der Waals surface area (Å²) in [5.41, 5.74) is 3.49. The van der Waals surface area contributed by atoms with Crippen molar-refractivity contribution in [3.63, 3.8) is 0 Å². The summed E-state index contributed by atoms with van der Waals surface area (Å²) in [5.74, 6) is -0.0329. The van der Waals surface area contributed by atoms with Crippen LogP contribution in [0.25, 0.3) is 0 Å². The topological polar surface area (TPSA) is 49.4 Å². The molecule has 2 amide bonds. The van der Waals surface area contributed by atoms with Crippen LogP contribution in [0.3, 0.4) is 0 Å². The van der Waals surface area contributed by atoms with Crippen molar-refractivity contribution in [1.29, 1.82) is 0 Å². The van der Waals surface area contributed by atoms with Gasteiger partial charge in [-0.25, -0.2) is 0 Å². The molecule has 0 heterocycles. The van der Waals surface area contributed by atoms with E-state index in [0.29, 0.717) is 30.8 Å². The molecule has 0 aliphatic heterocycles. The minimum absolute atomic E-state index is 0.00303. The fraction of sp³-hybridized carbons (Fsp3) is 0.517. The van der Waals surface area contributed by atoms with Gasteiger partial charge in [-0.15, -0.1) is 0 Å². The van der Waals surface area contributed by atoms with E-state index < -0.39 is 6.04 Å². The Morgan fingerprint density at radius 2 is 1.59 bits per heavy atom. The molecule has 0 bridgehead atoms. The summed E-state index contributed by atoms with van der Waals surface area (Å²) in [5, 5.41) is 3.86. The van der Waals surface area contributed by atoms with Gasteiger partial charge in [-0.1, -0.05) is 88.5 Å². The number of nitrogens with one attached hydrogen (secondary N) is 1. The van der Waals surface area contributed by atoms with Crippen LogP contribution in [0.2, 0.25) is 5.02 Å². The van der Waals surface area contributed by atoms with Crippen LogP contribution >= 0.6 is 11.6 Å². The Balaban J connectivity index is 1.73. The molecule has 1 N–H and O–H groups in total. The third-order valence-electron chi connectivity index (χ3n) is 6.80. The molecule has 0 saturated heterocycles. The maximum atomic E-state index is 13.5. The minimum atomic E-state index is -0.480. The molecule has 1 aliphatic carbocycles. The molecule has 3 rings (SSSR count). The second-order valence-electron chi connectivity index (χ2n) is 10.5. The van der Waals surface area contributed by atoms with Crippen LogP contribution in [-0.2, 0) is 28.0 Å². The summed E-state index contributed by atoms with van der Waals surface area (Å²) in [7, 11) is 0. The molecule has 0 aromatic heterocycles. The minimum Gasteiger partial charge on any atom is -0.352 e. The van der Waals surface area contributed by atoms with Crippen molar-refractivity contribution < 1.29 is 9.59 Å². The average Bonchev–Trinajstić information content (AvgIpc) is 3.31. The number of hydrogen-bond donors (Lipinski definition) is 1. The Hall–Kier alpha value is -2.33. The van der Waals surface area contributed by atoms with Crippen LogP contribution < -0.4 is 5.32 Å². The third-order valence-corrected chi connectivity index (χ3v) is 7.05. The van der Waals surface area contributed by atoms with E-state index in [1.54, 1.807) is 4.90 Å². The first-order chi connectivity index (χ1) is 16.2. The lowest BCUT2D eigenvalue weighted by molar-refractivity contribution is -0.141. The van der Waals surface area contributed by atoms with E-state index in [2.05, 4.69) is 50.4 Å². The van der Waals surface area contributed by atoms with Crippen molar-refractivity contribution in [2.45, 2.75) is 96.7 Å². The molecule has 34 heavy (non-hydrogen) atoms. The van der Waals surface area contributed by atoms with Gasteiger partial charge in [-0.3, -0.25) is 9.59 Å². The number of rotatable bonds is 9. The molecule has 0 spiro atoms. The SMILES string of the molecule is CCC(C(=O)NC1CCCC1)N(Cc1ccc(Cl)cc1)C(=O)CCc1ccc(C(C)(C)C)cc1. The van der Waals surface area contributed by atoms with Gasteiger partial charge in [0.1, 0.15) is 6.04 Å². The molecule has 4 nitrogen and oxygen atoms in total. The van der Waals surface area contributed by atoms with Gasteiger partial charge >= 0.3 is 0 Å². The molecule has 1 atom stereocenters. The lowest BCUT2D eigenvalue weighted by atomic mass is 9.86. The summed E-state index contributed by atoms with van der Waals surface area (Å²) in [6.45, 7) is 8.97. The number of aryl methyl sites for hydroxylation is 1. The molecule has 5 heteroatoms. The first kappa shape index (κ1) is 26.3. The van der Waals surface area contributed by atoms with Crippen LogP contribution in [0, 0.1) is 0 Å². The quantitative estimate of drug-likeness (QED) is 0.447. The van der Waals surface area contributed by atoms with Gasteiger partial charge in [-0.05, 0) is 59.9 Å². The van der Waals surface area contributed by atoms with Gasteiger partial charge in [0.25, 0.3) is 0 Å². The predicted octanol–water partition coefficient (Wildman–Crippen LogP) is 6.44. The van der Waals surface area contributed by atoms with Crippen LogP contribution in [-0.4, -0.2) is 28.8 Å². The van der Waals surface area contributed by atoms with Crippen molar-refractivity contribution in [3.8, 4) is 0 Å². The summed E-state index contributed by atoms with van der Waals surface area (Å²) >= 11 is 6.06. The predicted molar refractivity (Wildman–Crippen MR) is 140 cm³/mol. The standard InChI is InChI=1S/C29H39ClN2O2/c1-5-26(28(34)31-25-8-6-7-9-25)32(20-22-12-17-24(30)18-13-22)27(33)19-14-21-10-15-23(16-11-21)29(2,3)4/h10-13,15-18,25-26H,5-9,14,19-20H2,1-4H3,(H,31,34). The van der Waals surface area contributed by atoms with Gasteiger partial charge in [0.05, 0.1) is 0 Å². The Bertz CT molecular complexity index is 942. The van der Waals surface area contributed by atoms with Gasteiger partial charge in [0.2, 0.25) is 11.8 Å². The summed E-state index contributed by atoms with van der Waals surface area (Å²) in [6.07, 6.45) is 5.97. The molecule has 2 aromatic carbocycles. The molecule has 1 aliphatic rings. The van der Waals surface area contributed by atoms with Crippen LogP contribution in [0.1, 0.15) is 82.9 Å². The summed E-state index contributed by atoms with van der Waals surface area (Å²) in [6, 6.07) is 15.8. The van der Waals surface area contributed by atoms with E-state index in [4.69, 9.17) is 11.6 Å². The van der Waals surface area contributed by atoms with Gasteiger partial charge in [-0.2, -0.15) is 0 Å². The van der Waals surface area contributed by atoms with E-state index in [1.807, 2.05) is 31.2 Å². The number of carbonyl (C=O) groups is 2. The van der Waals surface area contributed by atoms with Crippen molar-refractivity contribution in [3.05, 3.63) is 70.2 Å². The molecule has 1 saturated carbocycles. The first-order valence-electron chi connectivity index (χ1n) is 12.6. The van der Waals surface area contributed by atoms with E-state index in [-0.39, 0.29) is 23.3 Å². The number of carbonyl (C=O) groups excluding carboxylic acids is 2. The lowest BCUT2D eigenvalue weighted by Gasteiger charge is -2.31. The Morgan fingerprint density at radius 1 is 1.00 bits per heavy atom. The Labute approximate surface area is 210 Å². The van der Waals surface area contributed by atoms with Crippen molar-refractivity contribution in [1.82, 2.24) is 10.2 Å². The fourth-order valence-electron chi connectivity index (χ4n) is 4.64. The zero-order valence-electron chi connectivity index (χ0n) is 21.1. The zero-order valence-corrected chi connectivity index (χ0v) is 21.8. The number of nitrogens with zero attached hydrogens (tertiary/aromatic N) is 1. The third kappa shape index (κ3) is 7.33. The molecular formula is C29H39ClN2O2. The van der Waals surface area contributed by atoms with Crippen LogP contribution in [0.4, 0.5) is 0 Å². The fourth-order valence-corrected chi connectivity index (χ4v) is 4.77. The maximum absolute atomic E-state index is 13.5. The highest BCUT2D eigenvalue weighted by Gasteiger charge is 2.30. The van der Waals surface area contributed by atoms with Gasteiger partial charge in [0, 0.05) is 24.0 Å². The van der Waals surface area contributed by atoms with E-state index in [1.165, 1.54) is 5.56 Å². The largest absolute Gasteiger partial charge is 0.352 e. The van der Waals surface area contributed by atoms with Crippen molar-refractivity contribution in [2.75, 3.05) is 0 Å². The lowest BCUT2D eigenvalue weighted by Crippen LogP contribution is -2.51. The molecular weight excluding hydrogens is 444 g/mol. The monoisotopic (exact) mass is 482 g/mol. The summed E-state index contributed by atoms with van der Waals surface area (Å²) in [4.78, 5) is 28.4. The Kier molecular flexibility index (Phi) is 9.18. The van der Waals surface area contributed by atoms with Gasteiger partial charge in [0.15, 0.2) is 0 Å². The van der Waals surface area contributed by atoms with Crippen molar-refractivity contribution >= 4 is 23.4 Å². The zero-order chi connectivity index (χ0) is 24.7. The van der Waals surface area contributed by atoms with Gasteiger partial charge < -0.3 is 10.2 Å². The first-order valence-corrected chi connectivity index (χ1v) is 13.0. The number of halogens is 1.